The van der Waals surface area contributed by atoms with Crippen molar-refractivity contribution in [2.24, 2.45) is 0 Å². The van der Waals surface area contributed by atoms with Crippen LogP contribution in [0.5, 0.6) is 0 Å². The molecule has 16 heavy (non-hydrogen) atoms. The van der Waals surface area contributed by atoms with Gasteiger partial charge in [0, 0.05) is 0 Å². The van der Waals surface area contributed by atoms with E-state index in [1.165, 1.54) is 19.3 Å². The lowest BCUT2D eigenvalue weighted by atomic mass is 9.96. The molecule has 0 aromatic rings. The molecule has 2 unspecified atom stereocenters. The van der Waals surface area contributed by atoms with Gasteiger partial charge in [0.05, 0.1) is 31.5 Å². The molecular weight excluding hydrogens is 204 g/mol. The predicted octanol–water partition coefficient (Wildman–Crippen LogP) is 2.51. The zero-order chi connectivity index (χ0) is 11.8. The maximum absolute atomic E-state index is 9.92. The van der Waals surface area contributed by atoms with E-state index >= 15 is 0 Å². The van der Waals surface area contributed by atoms with Crippen molar-refractivity contribution in [3.63, 3.8) is 0 Å². The number of aliphatic hydroxyl groups excluding tert-OH is 1. The Morgan fingerprint density at radius 3 is 2.44 bits per heavy atom. The van der Waals surface area contributed by atoms with Crippen molar-refractivity contribution in [2.45, 2.75) is 70.7 Å². The Morgan fingerprint density at radius 1 is 1.06 bits per heavy atom. The molecular formula is C13H26O3. The second kappa shape index (κ2) is 8.04. The van der Waals surface area contributed by atoms with Gasteiger partial charge in [-0.25, -0.2) is 0 Å². The normalized spacial score (nSPS) is 27.8. The van der Waals surface area contributed by atoms with Gasteiger partial charge in [-0.15, -0.1) is 0 Å². The van der Waals surface area contributed by atoms with Gasteiger partial charge in [-0.2, -0.15) is 0 Å². The highest BCUT2D eigenvalue weighted by Gasteiger charge is 2.20. The smallest absolute Gasteiger partial charge is 0.0835 e. The second-order valence-corrected chi connectivity index (χ2v) is 4.89. The van der Waals surface area contributed by atoms with E-state index in [9.17, 15) is 5.11 Å². The summed E-state index contributed by atoms with van der Waals surface area (Å²) in [5.41, 5.74) is 0. The minimum atomic E-state index is -0.278. The van der Waals surface area contributed by atoms with E-state index in [-0.39, 0.29) is 18.3 Å². The van der Waals surface area contributed by atoms with Gasteiger partial charge >= 0.3 is 0 Å². The van der Waals surface area contributed by atoms with E-state index in [4.69, 9.17) is 9.47 Å². The summed E-state index contributed by atoms with van der Waals surface area (Å²) >= 11 is 0. The summed E-state index contributed by atoms with van der Waals surface area (Å²) in [6.07, 6.45) is 6.70. The van der Waals surface area contributed by atoms with E-state index < -0.39 is 0 Å². The molecule has 0 aliphatic heterocycles. The fraction of sp³-hybridized carbons (Fsp3) is 1.00. The van der Waals surface area contributed by atoms with Crippen LogP contribution in [0.3, 0.4) is 0 Å². The number of hydrogen-bond donors (Lipinski definition) is 1. The van der Waals surface area contributed by atoms with Crippen LogP contribution in [0.1, 0.15) is 52.4 Å². The first-order valence-corrected chi connectivity index (χ1v) is 6.61. The molecule has 2 atom stereocenters. The van der Waals surface area contributed by atoms with Gasteiger partial charge in [-0.3, -0.25) is 0 Å². The predicted molar refractivity (Wildman–Crippen MR) is 64.5 cm³/mol. The van der Waals surface area contributed by atoms with Crippen LogP contribution in [-0.2, 0) is 9.47 Å². The van der Waals surface area contributed by atoms with Crippen molar-refractivity contribution in [3.8, 4) is 0 Å². The van der Waals surface area contributed by atoms with Gasteiger partial charge in [0.25, 0.3) is 0 Å². The SMILES string of the molecule is CC(C)OCCOC1CCCCCCC1O. The van der Waals surface area contributed by atoms with Crippen molar-refractivity contribution < 1.29 is 14.6 Å². The standard InChI is InChI=1S/C13H26O3/c1-11(2)15-9-10-16-13-8-6-4-3-5-7-12(13)14/h11-14H,3-10H2,1-2H3. The summed E-state index contributed by atoms with van der Waals surface area (Å²) in [4.78, 5) is 0. The monoisotopic (exact) mass is 230 g/mol. The summed E-state index contributed by atoms with van der Waals surface area (Å²) in [6, 6.07) is 0. The van der Waals surface area contributed by atoms with Crippen molar-refractivity contribution in [1.82, 2.24) is 0 Å². The largest absolute Gasteiger partial charge is 0.390 e. The molecule has 0 amide bonds. The lowest BCUT2D eigenvalue weighted by Crippen LogP contribution is -2.31. The number of ether oxygens (including phenoxy) is 2. The minimum Gasteiger partial charge on any atom is -0.390 e. The number of hydrogen-bond acceptors (Lipinski definition) is 3. The molecule has 1 aliphatic carbocycles. The summed E-state index contributed by atoms with van der Waals surface area (Å²) in [5, 5.41) is 9.92. The van der Waals surface area contributed by atoms with E-state index in [2.05, 4.69) is 0 Å². The Kier molecular flexibility index (Phi) is 7.01. The molecule has 0 aromatic heterocycles. The molecule has 0 aromatic carbocycles. The van der Waals surface area contributed by atoms with Gasteiger partial charge in [0.2, 0.25) is 0 Å². The van der Waals surface area contributed by atoms with Gasteiger partial charge in [-0.05, 0) is 26.7 Å². The van der Waals surface area contributed by atoms with Crippen LogP contribution in [-0.4, -0.2) is 36.6 Å². The molecule has 0 spiro atoms. The van der Waals surface area contributed by atoms with Crippen LogP contribution in [0, 0.1) is 0 Å². The van der Waals surface area contributed by atoms with Crippen molar-refractivity contribution >= 4 is 0 Å². The summed E-state index contributed by atoms with van der Waals surface area (Å²) in [5.74, 6) is 0. The van der Waals surface area contributed by atoms with Crippen LogP contribution in [0.4, 0.5) is 0 Å². The average Bonchev–Trinajstić information content (AvgIpc) is 2.21. The van der Waals surface area contributed by atoms with E-state index in [0.29, 0.717) is 13.2 Å². The molecule has 3 nitrogen and oxygen atoms in total. The van der Waals surface area contributed by atoms with Crippen molar-refractivity contribution in [3.05, 3.63) is 0 Å². The molecule has 96 valence electrons. The Labute approximate surface area is 99.1 Å². The van der Waals surface area contributed by atoms with E-state index in [0.717, 1.165) is 19.3 Å². The Bertz CT molecular complexity index is 171. The lowest BCUT2D eigenvalue weighted by Gasteiger charge is -2.25. The quantitative estimate of drug-likeness (QED) is 0.738. The fourth-order valence-electron chi connectivity index (χ4n) is 2.11. The zero-order valence-electron chi connectivity index (χ0n) is 10.7. The van der Waals surface area contributed by atoms with Crippen LogP contribution >= 0.6 is 0 Å². The lowest BCUT2D eigenvalue weighted by molar-refractivity contribution is -0.0712. The molecule has 0 bridgehead atoms. The molecule has 0 heterocycles. The third-order valence-electron chi connectivity index (χ3n) is 3.03. The second-order valence-electron chi connectivity index (χ2n) is 4.89. The first-order valence-electron chi connectivity index (χ1n) is 6.61. The summed E-state index contributed by atoms with van der Waals surface area (Å²) in [7, 11) is 0. The molecule has 0 radical (unpaired) electrons. The van der Waals surface area contributed by atoms with Crippen LogP contribution in [0.15, 0.2) is 0 Å². The minimum absolute atomic E-state index is 0.0241. The summed E-state index contributed by atoms with van der Waals surface area (Å²) < 4.78 is 11.1. The molecule has 0 saturated heterocycles. The van der Waals surface area contributed by atoms with Crippen LogP contribution in [0.2, 0.25) is 0 Å². The first kappa shape index (κ1) is 13.9. The highest BCUT2D eigenvalue weighted by molar-refractivity contribution is 4.72. The average molecular weight is 230 g/mol. The molecule has 1 fully saturated rings. The first-order chi connectivity index (χ1) is 7.70. The molecule has 1 rings (SSSR count). The van der Waals surface area contributed by atoms with Gasteiger partial charge in [-0.1, -0.05) is 25.7 Å². The summed E-state index contributed by atoms with van der Waals surface area (Å²) in [6.45, 7) is 5.26. The highest BCUT2D eigenvalue weighted by atomic mass is 16.5. The van der Waals surface area contributed by atoms with E-state index in [1.807, 2.05) is 13.8 Å². The molecule has 1 aliphatic rings. The van der Waals surface area contributed by atoms with Crippen molar-refractivity contribution in [2.75, 3.05) is 13.2 Å². The molecule has 1 saturated carbocycles. The molecule has 1 N–H and O–H groups in total. The Balaban J connectivity index is 2.16. The van der Waals surface area contributed by atoms with Gasteiger partial charge < -0.3 is 14.6 Å². The van der Waals surface area contributed by atoms with Crippen LogP contribution < -0.4 is 0 Å². The third kappa shape index (κ3) is 5.83. The third-order valence-corrected chi connectivity index (χ3v) is 3.03. The Morgan fingerprint density at radius 2 is 1.75 bits per heavy atom. The topological polar surface area (TPSA) is 38.7 Å². The van der Waals surface area contributed by atoms with Crippen molar-refractivity contribution in [1.29, 1.82) is 0 Å². The van der Waals surface area contributed by atoms with Crippen LogP contribution in [0.25, 0.3) is 0 Å². The van der Waals surface area contributed by atoms with Gasteiger partial charge in [0.15, 0.2) is 0 Å². The zero-order valence-corrected chi connectivity index (χ0v) is 10.7. The maximum Gasteiger partial charge on any atom is 0.0835 e. The highest BCUT2D eigenvalue weighted by Crippen LogP contribution is 2.20. The molecule has 3 heteroatoms. The number of aliphatic hydroxyl groups is 1. The van der Waals surface area contributed by atoms with Gasteiger partial charge in [0.1, 0.15) is 0 Å². The number of rotatable bonds is 5. The fourth-order valence-corrected chi connectivity index (χ4v) is 2.11. The maximum atomic E-state index is 9.92. The Hall–Kier alpha value is -0.120. The van der Waals surface area contributed by atoms with E-state index in [1.54, 1.807) is 0 Å².